The minimum absolute atomic E-state index is 0.222. The Hall–Kier alpha value is -2.60. The van der Waals surface area contributed by atoms with Crippen LogP contribution in [0.2, 0.25) is 0 Å². The highest BCUT2D eigenvalue weighted by Crippen LogP contribution is 2.16. The van der Waals surface area contributed by atoms with Gasteiger partial charge in [-0.1, -0.05) is 29.8 Å². The summed E-state index contributed by atoms with van der Waals surface area (Å²) >= 11 is 0. The Kier molecular flexibility index (Phi) is 5.41. The third-order valence-electron chi connectivity index (χ3n) is 3.28. The molecule has 0 heterocycles. The number of amides is 1. The van der Waals surface area contributed by atoms with Crippen molar-refractivity contribution in [2.75, 3.05) is 16.3 Å². The van der Waals surface area contributed by atoms with Gasteiger partial charge in [0.25, 0.3) is 0 Å². The van der Waals surface area contributed by atoms with Crippen molar-refractivity contribution in [3.8, 4) is 0 Å². The van der Waals surface area contributed by atoms with E-state index in [4.69, 9.17) is 0 Å². The smallest absolute Gasteiger partial charge is 0.248 e. The van der Waals surface area contributed by atoms with Crippen molar-refractivity contribution in [3.63, 3.8) is 0 Å². The molecule has 0 atom stereocenters. The van der Waals surface area contributed by atoms with Crippen LogP contribution in [-0.2, 0) is 14.8 Å². The Bertz CT molecular complexity index is 870. The van der Waals surface area contributed by atoms with Gasteiger partial charge in [-0.15, -0.1) is 0 Å². The van der Waals surface area contributed by atoms with Crippen molar-refractivity contribution < 1.29 is 13.2 Å². The summed E-state index contributed by atoms with van der Waals surface area (Å²) in [7, 11) is -3.29. The molecule has 0 saturated carbocycles. The number of carbonyl (C=O) groups excluding carboxylic acids is 1. The molecule has 24 heavy (non-hydrogen) atoms. The van der Waals surface area contributed by atoms with E-state index in [1.165, 1.54) is 6.08 Å². The maximum absolute atomic E-state index is 12.0. The molecule has 0 fully saturated rings. The lowest BCUT2D eigenvalue weighted by Crippen LogP contribution is -2.09. The van der Waals surface area contributed by atoms with Crippen LogP contribution >= 0.6 is 0 Å². The quantitative estimate of drug-likeness (QED) is 0.817. The lowest BCUT2D eigenvalue weighted by Gasteiger charge is -2.07. The molecule has 0 unspecified atom stereocenters. The monoisotopic (exact) mass is 344 g/mol. The topological polar surface area (TPSA) is 75.3 Å². The standard InChI is InChI=1S/C18H20N2O3S/c1-13-4-10-17(14(2)12-13)19-18(21)11-7-15-5-8-16(9-6-15)20-24(3,22)23/h4-12,20H,1-3H3,(H,19,21)/b11-7+. The first-order chi connectivity index (χ1) is 11.2. The molecule has 0 aliphatic rings. The molecule has 0 saturated heterocycles. The van der Waals surface area contributed by atoms with Crippen molar-refractivity contribution in [1.29, 1.82) is 0 Å². The minimum atomic E-state index is -3.29. The van der Waals surface area contributed by atoms with Crippen LogP contribution in [0.15, 0.2) is 48.5 Å². The van der Waals surface area contributed by atoms with Crippen molar-refractivity contribution in [2.45, 2.75) is 13.8 Å². The predicted molar refractivity (Wildman–Crippen MR) is 98.5 cm³/mol. The van der Waals surface area contributed by atoms with E-state index in [0.29, 0.717) is 5.69 Å². The largest absolute Gasteiger partial charge is 0.322 e. The summed E-state index contributed by atoms with van der Waals surface area (Å²) in [6.07, 6.45) is 4.21. The van der Waals surface area contributed by atoms with E-state index < -0.39 is 10.0 Å². The molecule has 2 aromatic carbocycles. The van der Waals surface area contributed by atoms with Gasteiger partial charge >= 0.3 is 0 Å². The molecular weight excluding hydrogens is 324 g/mol. The number of carbonyl (C=O) groups is 1. The number of rotatable bonds is 5. The van der Waals surface area contributed by atoms with E-state index >= 15 is 0 Å². The highest BCUT2D eigenvalue weighted by atomic mass is 32.2. The molecule has 2 rings (SSSR count). The second-order valence-electron chi connectivity index (χ2n) is 5.64. The maximum Gasteiger partial charge on any atom is 0.248 e. The van der Waals surface area contributed by atoms with Gasteiger partial charge in [-0.2, -0.15) is 0 Å². The Balaban J connectivity index is 2.01. The zero-order chi connectivity index (χ0) is 17.7. The molecule has 126 valence electrons. The zero-order valence-corrected chi connectivity index (χ0v) is 14.6. The van der Waals surface area contributed by atoms with E-state index in [-0.39, 0.29) is 5.91 Å². The van der Waals surface area contributed by atoms with E-state index in [0.717, 1.165) is 28.6 Å². The number of benzene rings is 2. The average molecular weight is 344 g/mol. The van der Waals surface area contributed by atoms with Crippen LogP contribution in [0.3, 0.4) is 0 Å². The first-order valence-electron chi connectivity index (χ1n) is 7.37. The lowest BCUT2D eigenvalue weighted by molar-refractivity contribution is -0.111. The third-order valence-corrected chi connectivity index (χ3v) is 3.89. The molecule has 0 radical (unpaired) electrons. The van der Waals surface area contributed by atoms with Crippen LogP contribution in [0.4, 0.5) is 11.4 Å². The highest BCUT2D eigenvalue weighted by molar-refractivity contribution is 7.92. The van der Waals surface area contributed by atoms with Crippen LogP contribution in [0, 0.1) is 13.8 Å². The fraction of sp³-hybridized carbons (Fsp3) is 0.167. The normalized spacial score (nSPS) is 11.5. The van der Waals surface area contributed by atoms with E-state index in [9.17, 15) is 13.2 Å². The van der Waals surface area contributed by atoms with Crippen LogP contribution in [-0.4, -0.2) is 20.6 Å². The SMILES string of the molecule is Cc1ccc(NC(=O)/C=C/c2ccc(NS(C)(=O)=O)cc2)c(C)c1. The van der Waals surface area contributed by atoms with Crippen LogP contribution in [0.1, 0.15) is 16.7 Å². The molecule has 0 aliphatic carbocycles. The number of aryl methyl sites for hydroxylation is 2. The Morgan fingerprint density at radius 1 is 1.04 bits per heavy atom. The van der Waals surface area contributed by atoms with Crippen LogP contribution in [0.5, 0.6) is 0 Å². The zero-order valence-electron chi connectivity index (χ0n) is 13.8. The Morgan fingerprint density at radius 2 is 1.71 bits per heavy atom. The van der Waals surface area contributed by atoms with Crippen molar-refractivity contribution in [3.05, 3.63) is 65.2 Å². The molecule has 0 spiro atoms. The summed E-state index contributed by atoms with van der Waals surface area (Å²) in [6.45, 7) is 3.95. The van der Waals surface area contributed by atoms with Crippen molar-refractivity contribution in [1.82, 2.24) is 0 Å². The molecule has 0 aromatic heterocycles. The van der Waals surface area contributed by atoms with Gasteiger partial charge in [0.2, 0.25) is 15.9 Å². The second-order valence-corrected chi connectivity index (χ2v) is 7.39. The molecular formula is C18H20N2O3S. The van der Waals surface area contributed by atoms with E-state index in [1.54, 1.807) is 30.3 Å². The lowest BCUT2D eigenvalue weighted by atomic mass is 10.1. The van der Waals surface area contributed by atoms with Gasteiger partial charge < -0.3 is 5.32 Å². The molecule has 1 amide bonds. The van der Waals surface area contributed by atoms with Crippen molar-refractivity contribution >= 4 is 33.4 Å². The van der Waals surface area contributed by atoms with E-state index in [1.807, 2.05) is 32.0 Å². The molecule has 2 aromatic rings. The number of nitrogens with one attached hydrogen (secondary N) is 2. The average Bonchev–Trinajstić information content (AvgIpc) is 2.48. The van der Waals surface area contributed by atoms with Gasteiger partial charge in [0, 0.05) is 17.5 Å². The number of hydrogen-bond acceptors (Lipinski definition) is 3. The highest BCUT2D eigenvalue weighted by Gasteiger charge is 2.03. The number of sulfonamides is 1. The van der Waals surface area contributed by atoms with Gasteiger partial charge in [-0.3, -0.25) is 9.52 Å². The fourth-order valence-corrected chi connectivity index (χ4v) is 2.74. The summed E-state index contributed by atoms with van der Waals surface area (Å²) < 4.78 is 24.7. The summed E-state index contributed by atoms with van der Waals surface area (Å²) in [4.78, 5) is 12.0. The Morgan fingerprint density at radius 3 is 2.29 bits per heavy atom. The molecule has 0 bridgehead atoms. The third kappa shape index (κ3) is 5.55. The molecule has 5 nitrogen and oxygen atoms in total. The van der Waals surface area contributed by atoms with Gasteiger partial charge in [0.15, 0.2) is 0 Å². The number of anilines is 2. The first kappa shape index (κ1) is 17.7. The summed E-state index contributed by atoms with van der Waals surface area (Å²) in [6, 6.07) is 12.6. The first-order valence-corrected chi connectivity index (χ1v) is 9.26. The van der Waals surface area contributed by atoms with Crippen LogP contribution in [0.25, 0.3) is 6.08 Å². The predicted octanol–water partition coefficient (Wildman–Crippen LogP) is 3.33. The molecule has 0 aliphatic heterocycles. The Labute approximate surface area is 142 Å². The second kappa shape index (κ2) is 7.31. The van der Waals surface area contributed by atoms with Crippen LogP contribution < -0.4 is 10.0 Å². The van der Waals surface area contributed by atoms with Gasteiger partial charge in [0.1, 0.15) is 0 Å². The van der Waals surface area contributed by atoms with Gasteiger partial charge in [-0.25, -0.2) is 8.42 Å². The van der Waals surface area contributed by atoms with Gasteiger partial charge in [0.05, 0.1) is 6.26 Å². The number of hydrogen-bond donors (Lipinski definition) is 2. The fourth-order valence-electron chi connectivity index (χ4n) is 2.18. The molecule has 2 N–H and O–H groups in total. The summed E-state index contributed by atoms with van der Waals surface area (Å²) in [5.74, 6) is -0.222. The van der Waals surface area contributed by atoms with Gasteiger partial charge in [-0.05, 0) is 49.2 Å². The minimum Gasteiger partial charge on any atom is -0.322 e. The van der Waals surface area contributed by atoms with Crippen molar-refractivity contribution in [2.24, 2.45) is 0 Å². The summed E-state index contributed by atoms with van der Waals surface area (Å²) in [5.41, 5.74) is 4.21. The summed E-state index contributed by atoms with van der Waals surface area (Å²) in [5, 5.41) is 2.83. The molecule has 6 heteroatoms. The maximum atomic E-state index is 12.0. The van der Waals surface area contributed by atoms with E-state index in [2.05, 4.69) is 10.0 Å².